The molecule has 3 unspecified atom stereocenters. The summed E-state index contributed by atoms with van der Waals surface area (Å²) in [7, 11) is 1.82. The molecule has 0 radical (unpaired) electrons. The van der Waals surface area contributed by atoms with Crippen molar-refractivity contribution in [2.45, 2.75) is 52.5 Å². The topological polar surface area (TPSA) is 21.3 Å². The van der Waals surface area contributed by atoms with E-state index in [1.807, 2.05) is 7.11 Å². The SMILES string of the molecule is COCC(C)C1CCCCC1CNC(C)C. The maximum atomic E-state index is 5.31. The Balaban J connectivity index is 2.43. The molecule has 0 aliphatic heterocycles. The molecule has 3 atom stereocenters. The maximum absolute atomic E-state index is 5.31. The van der Waals surface area contributed by atoms with Gasteiger partial charge in [-0.15, -0.1) is 0 Å². The van der Waals surface area contributed by atoms with Crippen molar-refractivity contribution in [3.63, 3.8) is 0 Å². The van der Waals surface area contributed by atoms with Gasteiger partial charge >= 0.3 is 0 Å². The van der Waals surface area contributed by atoms with Gasteiger partial charge < -0.3 is 10.1 Å². The van der Waals surface area contributed by atoms with Crippen LogP contribution in [0.15, 0.2) is 0 Å². The summed E-state index contributed by atoms with van der Waals surface area (Å²) < 4.78 is 5.31. The Hall–Kier alpha value is -0.0800. The third-order valence-corrected chi connectivity index (χ3v) is 3.92. The molecule has 1 aliphatic rings. The van der Waals surface area contributed by atoms with Gasteiger partial charge in [0.15, 0.2) is 0 Å². The molecule has 0 saturated heterocycles. The Morgan fingerprint density at radius 1 is 1.19 bits per heavy atom. The molecule has 0 heterocycles. The van der Waals surface area contributed by atoms with E-state index >= 15 is 0 Å². The van der Waals surface area contributed by atoms with E-state index in [2.05, 4.69) is 26.1 Å². The lowest BCUT2D eigenvalue weighted by Crippen LogP contribution is -2.37. The fourth-order valence-corrected chi connectivity index (χ4v) is 3.01. The van der Waals surface area contributed by atoms with Crippen LogP contribution in [0.4, 0.5) is 0 Å². The van der Waals surface area contributed by atoms with E-state index in [4.69, 9.17) is 4.74 Å². The van der Waals surface area contributed by atoms with Crippen molar-refractivity contribution in [3.8, 4) is 0 Å². The van der Waals surface area contributed by atoms with Gasteiger partial charge in [-0.25, -0.2) is 0 Å². The van der Waals surface area contributed by atoms with Gasteiger partial charge in [0.2, 0.25) is 0 Å². The molecule has 1 aliphatic carbocycles. The van der Waals surface area contributed by atoms with Gasteiger partial charge in [-0.05, 0) is 37.1 Å². The largest absolute Gasteiger partial charge is 0.384 e. The zero-order valence-electron chi connectivity index (χ0n) is 11.5. The first-order valence-electron chi connectivity index (χ1n) is 6.87. The van der Waals surface area contributed by atoms with Crippen molar-refractivity contribution in [2.75, 3.05) is 20.3 Å². The predicted molar refractivity (Wildman–Crippen MR) is 69.6 cm³/mol. The quantitative estimate of drug-likeness (QED) is 0.753. The van der Waals surface area contributed by atoms with Crippen LogP contribution in [0.1, 0.15) is 46.5 Å². The smallest absolute Gasteiger partial charge is 0.0490 e. The van der Waals surface area contributed by atoms with Crippen LogP contribution >= 0.6 is 0 Å². The third-order valence-electron chi connectivity index (χ3n) is 3.92. The summed E-state index contributed by atoms with van der Waals surface area (Å²) in [6.45, 7) is 8.92. The molecule has 96 valence electrons. The zero-order chi connectivity index (χ0) is 12.0. The first-order valence-corrected chi connectivity index (χ1v) is 6.87. The summed E-state index contributed by atoms with van der Waals surface area (Å²) >= 11 is 0. The Morgan fingerprint density at radius 2 is 1.88 bits per heavy atom. The predicted octanol–water partition coefficient (Wildman–Crippen LogP) is 3.07. The Kier molecular flexibility index (Phi) is 6.37. The van der Waals surface area contributed by atoms with Crippen LogP contribution in [0, 0.1) is 17.8 Å². The van der Waals surface area contributed by atoms with Gasteiger partial charge in [-0.2, -0.15) is 0 Å². The molecule has 0 bridgehead atoms. The van der Waals surface area contributed by atoms with Crippen LogP contribution in [0.25, 0.3) is 0 Å². The molecule has 0 aromatic carbocycles. The highest BCUT2D eigenvalue weighted by Crippen LogP contribution is 2.35. The lowest BCUT2D eigenvalue weighted by molar-refractivity contribution is 0.0828. The highest BCUT2D eigenvalue weighted by Gasteiger charge is 2.29. The molecule has 0 amide bonds. The van der Waals surface area contributed by atoms with E-state index in [1.165, 1.54) is 32.2 Å². The molecular formula is C14H29NO. The number of nitrogens with one attached hydrogen (secondary N) is 1. The second kappa shape index (κ2) is 7.29. The summed E-state index contributed by atoms with van der Waals surface area (Å²) in [6.07, 6.45) is 5.63. The van der Waals surface area contributed by atoms with Gasteiger partial charge in [0.05, 0.1) is 0 Å². The van der Waals surface area contributed by atoms with E-state index < -0.39 is 0 Å². The van der Waals surface area contributed by atoms with E-state index in [1.54, 1.807) is 0 Å². The lowest BCUT2D eigenvalue weighted by atomic mass is 9.73. The van der Waals surface area contributed by atoms with E-state index in [0.717, 1.165) is 18.4 Å². The fourth-order valence-electron chi connectivity index (χ4n) is 3.01. The summed E-state index contributed by atoms with van der Waals surface area (Å²) in [4.78, 5) is 0. The van der Waals surface area contributed by atoms with Crippen LogP contribution in [0.2, 0.25) is 0 Å². The van der Waals surface area contributed by atoms with Gasteiger partial charge in [-0.3, -0.25) is 0 Å². The molecule has 1 saturated carbocycles. The van der Waals surface area contributed by atoms with Crippen molar-refractivity contribution in [1.29, 1.82) is 0 Å². The summed E-state index contributed by atoms with van der Waals surface area (Å²) in [5.74, 6) is 2.44. The van der Waals surface area contributed by atoms with E-state index in [-0.39, 0.29) is 0 Å². The van der Waals surface area contributed by atoms with Crippen molar-refractivity contribution >= 4 is 0 Å². The highest BCUT2D eigenvalue weighted by molar-refractivity contribution is 4.81. The van der Waals surface area contributed by atoms with Crippen LogP contribution in [-0.2, 0) is 4.74 Å². The van der Waals surface area contributed by atoms with Crippen LogP contribution < -0.4 is 5.32 Å². The second-order valence-corrected chi connectivity index (χ2v) is 5.70. The average molecular weight is 227 g/mol. The Labute approximate surface area is 101 Å². The molecule has 1 rings (SSSR count). The van der Waals surface area contributed by atoms with Crippen LogP contribution in [0.5, 0.6) is 0 Å². The van der Waals surface area contributed by atoms with Gasteiger partial charge in [-0.1, -0.05) is 33.6 Å². The Bertz CT molecular complexity index is 182. The normalized spacial score (nSPS) is 28.3. The van der Waals surface area contributed by atoms with Crippen molar-refractivity contribution in [3.05, 3.63) is 0 Å². The minimum atomic E-state index is 0.611. The molecule has 2 nitrogen and oxygen atoms in total. The minimum Gasteiger partial charge on any atom is -0.384 e. The van der Waals surface area contributed by atoms with Crippen molar-refractivity contribution in [2.24, 2.45) is 17.8 Å². The van der Waals surface area contributed by atoms with Crippen molar-refractivity contribution < 1.29 is 4.74 Å². The van der Waals surface area contributed by atoms with Gasteiger partial charge in [0.25, 0.3) is 0 Å². The molecule has 1 fully saturated rings. The van der Waals surface area contributed by atoms with Crippen LogP contribution in [0.3, 0.4) is 0 Å². The van der Waals surface area contributed by atoms with Gasteiger partial charge in [0, 0.05) is 19.8 Å². The van der Waals surface area contributed by atoms with Crippen LogP contribution in [-0.4, -0.2) is 26.3 Å². The molecular weight excluding hydrogens is 198 g/mol. The number of hydrogen-bond donors (Lipinski definition) is 1. The Morgan fingerprint density at radius 3 is 2.50 bits per heavy atom. The number of hydrogen-bond acceptors (Lipinski definition) is 2. The van der Waals surface area contributed by atoms with E-state index in [0.29, 0.717) is 12.0 Å². The second-order valence-electron chi connectivity index (χ2n) is 5.70. The molecule has 1 N–H and O–H groups in total. The standard InChI is InChI=1S/C14H29NO/c1-11(2)15-9-13-7-5-6-8-14(13)12(3)10-16-4/h11-15H,5-10H2,1-4H3. The van der Waals surface area contributed by atoms with Gasteiger partial charge in [0.1, 0.15) is 0 Å². The summed E-state index contributed by atoms with van der Waals surface area (Å²) in [6, 6.07) is 0.611. The average Bonchev–Trinajstić information content (AvgIpc) is 2.27. The molecule has 0 aromatic rings. The first-order chi connectivity index (χ1) is 7.65. The monoisotopic (exact) mass is 227 g/mol. The van der Waals surface area contributed by atoms with Crippen molar-refractivity contribution in [1.82, 2.24) is 5.32 Å². The highest BCUT2D eigenvalue weighted by atomic mass is 16.5. The number of methoxy groups -OCH3 is 1. The molecule has 0 aromatic heterocycles. The lowest BCUT2D eigenvalue weighted by Gasteiger charge is -2.36. The summed E-state index contributed by atoms with van der Waals surface area (Å²) in [5, 5.41) is 3.60. The number of rotatable bonds is 6. The third kappa shape index (κ3) is 4.42. The molecule has 16 heavy (non-hydrogen) atoms. The zero-order valence-corrected chi connectivity index (χ0v) is 11.5. The molecule has 2 heteroatoms. The first kappa shape index (κ1) is 14.0. The fraction of sp³-hybridized carbons (Fsp3) is 1.00. The number of ether oxygens (including phenoxy) is 1. The summed E-state index contributed by atoms with van der Waals surface area (Å²) in [5.41, 5.74) is 0. The minimum absolute atomic E-state index is 0.611. The maximum Gasteiger partial charge on any atom is 0.0490 e. The molecule has 0 spiro atoms. The van der Waals surface area contributed by atoms with E-state index in [9.17, 15) is 0 Å².